The van der Waals surface area contributed by atoms with Crippen molar-refractivity contribution in [1.82, 2.24) is 0 Å². The van der Waals surface area contributed by atoms with E-state index < -0.39 is 5.92 Å². The van der Waals surface area contributed by atoms with E-state index in [9.17, 15) is 9.59 Å². The Kier molecular flexibility index (Phi) is 4.09. The SMILES string of the molecule is Cc1c(Cl)cccc1NC(=O)C1CC(=O)N(C)c2ccccc21. The molecule has 0 fully saturated rings. The minimum absolute atomic E-state index is 0.0633. The van der Waals surface area contributed by atoms with E-state index in [-0.39, 0.29) is 18.2 Å². The zero-order valence-electron chi connectivity index (χ0n) is 13.0. The third kappa shape index (κ3) is 2.82. The number of rotatable bonds is 2. The molecule has 2 aromatic rings. The lowest BCUT2D eigenvalue weighted by Gasteiger charge is -2.31. The number of nitrogens with zero attached hydrogens (tertiary/aromatic N) is 1. The van der Waals surface area contributed by atoms with Gasteiger partial charge in [-0.25, -0.2) is 0 Å². The maximum atomic E-state index is 12.7. The monoisotopic (exact) mass is 328 g/mol. The summed E-state index contributed by atoms with van der Waals surface area (Å²) in [5, 5.41) is 3.50. The topological polar surface area (TPSA) is 49.4 Å². The fourth-order valence-electron chi connectivity index (χ4n) is 2.84. The van der Waals surface area contributed by atoms with E-state index in [4.69, 9.17) is 11.6 Å². The van der Waals surface area contributed by atoms with Crippen molar-refractivity contribution in [1.29, 1.82) is 0 Å². The Morgan fingerprint density at radius 3 is 2.74 bits per heavy atom. The zero-order chi connectivity index (χ0) is 16.6. The first-order chi connectivity index (χ1) is 11.0. The minimum atomic E-state index is -0.492. The van der Waals surface area contributed by atoms with Crippen molar-refractivity contribution in [2.24, 2.45) is 0 Å². The molecule has 2 aromatic carbocycles. The number of carbonyl (C=O) groups excluding carboxylic acids is 2. The second-order valence-corrected chi connectivity index (χ2v) is 6.08. The summed E-state index contributed by atoms with van der Waals surface area (Å²) in [5.74, 6) is -0.746. The molecule has 2 amide bonds. The predicted molar refractivity (Wildman–Crippen MR) is 92.0 cm³/mol. The Hall–Kier alpha value is -2.33. The van der Waals surface area contributed by atoms with Crippen LogP contribution in [0, 0.1) is 6.92 Å². The molecule has 1 heterocycles. The van der Waals surface area contributed by atoms with Crippen molar-refractivity contribution >= 4 is 34.8 Å². The molecule has 0 aliphatic carbocycles. The number of halogens is 1. The number of benzene rings is 2. The fourth-order valence-corrected chi connectivity index (χ4v) is 3.01. The van der Waals surface area contributed by atoms with E-state index in [1.165, 1.54) is 0 Å². The summed E-state index contributed by atoms with van der Waals surface area (Å²) in [4.78, 5) is 26.5. The van der Waals surface area contributed by atoms with Gasteiger partial charge in [-0.1, -0.05) is 35.9 Å². The van der Waals surface area contributed by atoms with Gasteiger partial charge in [0.2, 0.25) is 11.8 Å². The van der Waals surface area contributed by atoms with Crippen LogP contribution in [0.3, 0.4) is 0 Å². The highest BCUT2D eigenvalue weighted by atomic mass is 35.5. The van der Waals surface area contributed by atoms with E-state index in [2.05, 4.69) is 5.32 Å². The standard InChI is InChI=1S/C18H17ClN2O2/c1-11-14(19)7-5-8-15(11)20-18(23)13-10-17(22)21(2)16-9-4-3-6-12(13)16/h3-9,13H,10H2,1-2H3,(H,20,23). The van der Waals surface area contributed by atoms with Gasteiger partial charge in [0, 0.05) is 29.9 Å². The fraction of sp³-hybridized carbons (Fsp3) is 0.222. The summed E-state index contributed by atoms with van der Waals surface area (Å²) in [7, 11) is 1.73. The van der Waals surface area contributed by atoms with E-state index in [1.54, 1.807) is 24.1 Å². The summed E-state index contributed by atoms with van der Waals surface area (Å²) >= 11 is 6.09. The van der Waals surface area contributed by atoms with E-state index in [1.807, 2.05) is 37.3 Å². The van der Waals surface area contributed by atoms with Gasteiger partial charge in [-0.05, 0) is 36.2 Å². The molecular weight excluding hydrogens is 312 g/mol. The Labute approximate surface area is 140 Å². The average molecular weight is 329 g/mol. The quantitative estimate of drug-likeness (QED) is 0.913. The largest absolute Gasteiger partial charge is 0.325 e. The van der Waals surface area contributed by atoms with Gasteiger partial charge in [-0.3, -0.25) is 9.59 Å². The van der Waals surface area contributed by atoms with Gasteiger partial charge in [-0.15, -0.1) is 0 Å². The molecule has 0 spiro atoms. The van der Waals surface area contributed by atoms with Crippen LogP contribution in [0.4, 0.5) is 11.4 Å². The molecule has 3 rings (SSSR count). The third-order valence-corrected chi connectivity index (χ3v) is 4.68. The highest BCUT2D eigenvalue weighted by Crippen LogP contribution is 2.36. The van der Waals surface area contributed by atoms with Gasteiger partial charge in [0.25, 0.3) is 0 Å². The smallest absolute Gasteiger partial charge is 0.232 e. The van der Waals surface area contributed by atoms with Crippen LogP contribution in [0.15, 0.2) is 42.5 Å². The van der Waals surface area contributed by atoms with Crippen molar-refractivity contribution in [3.63, 3.8) is 0 Å². The first-order valence-electron chi connectivity index (χ1n) is 7.40. The Bertz CT molecular complexity index is 788. The maximum Gasteiger partial charge on any atom is 0.232 e. The predicted octanol–water partition coefficient (Wildman–Crippen LogP) is 3.74. The summed E-state index contributed by atoms with van der Waals surface area (Å²) in [6.45, 7) is 1.85. The van der Waals surface area contributed by atoms with Crippen molar-refractivity contribution < 1.29 is 9.59 Å². The molecular formula is C18H17ClN2O2. The normalized spacial score (nSPS) is 16.9. The summed E-state index contributed by atoms with van der Waals surface area (Å²) in [6, 6.07) is 12.9. The molecule has 0 saturated heterocycles. The van der Waals surface area contributed by atoms with Gasteiger partial charge in [0.15, 0.2) is 0 Å². The summed E-state index contributed by atoms with van der Waals surface area (Å²) in [5.41, 5.74) is 3.14. The second-order valence-electron chi connectivity index (χ2n) is 5.67. The van der Waals surface area contributed by atoms with Crippen LogP contribution in [0.2, 0.25) is 5.02 Å². The average Bonchev–Trinajstić information content (AvgIpc) is 2.55. The van der Waals surface area contributed by atoms with Crippen LogP contribution in [0.5, 0.6) is 0 Å². The number of carbonyl (C=O) groups is 2. The molecule has 1 unspecified atom stereocenters. The molecule has 5 heteroatoms. The lowest BCUT2D eigenvalue weighted by molar-refractivity contribution is -0.124. The Morgan fingerprint density at radius 2 is 1.96 bits per heavy atom. The zero-order valence-corrected chi connectivity index (χ0v) is 13.7. The number of hydrogen-bond donors (Lipinski definition) is 1. The number of anilines is 2. The van der Waals surface area contributed by atoms with Gasteiger partial charge in [0.1, 0.15) is 0 Å². The first kappa shape index (κ1) is 15.6. The number of fused-ring (bicyclic) bond motifs is 1. The van der Waals surface area contributed by atoms with E-state index in [0.717, 1.165) is 16.8 Å². The van der Waals surface area contributed by atoms with Crippen molar-refractivity contribution in [2.45, 2.75) is 19.3 Å². The lowest BCUT2D eigenvalue weighted by Crippen LogP contribution is -2.37. The van der Waals surface area contributed by atoms with Crippen molar-refractivity contribution in [3.8, 4) is 0 Å². The second kappa shape index (κ2) is 6.05. The minimum Gasteiger partial charge on any atom is -0.325 e. The van der Waals surface area contributed by atoms with E-state index >= 15 is 0 Å². The van der Waals surface area contributed by atoms with Crippen LogP contribution in [0.25, 0.3) is 0 Å². The molecule has 118 valence electrons. The number of amides is 2. The molecule has 1 atom stereocenters. The van der Waals surface area contributed by atoms with Crippen LogP contribution in [-0.4, -0.2) is 18.9 Å². The van der Waals surface area contributed by atoms with Crippen LogP contribution in [-0.2, 0) is 9.59 Å². The summed E-state index contributed by atoms with van der Waals surface area (Å²) in [6.07, 6.45) is 0.166. The molecule has 0 bridgehead atoms. The first-order valence-corrected chi connectivity index (χ1v) is 7.78. The molecule has 0 radical (unpaired) electrons. The van der Waals surface area contributed by atoms with Gasteiger partial charge in [0.05, 0.1) is 5.92 Å². The number of para-hydroxylation sites is 1. The van der Waals surface area contributed by atoms with Crippen LogP contribution in [0.1, 0.15) is 23.5 Å². The molecule has 1 aliphatic rings. The summed E-state index contributed by atoms with van der Waals surface area (Å²) < 4.78 is 0. The van der Waals surface area contributed by atoms with Crippen LogP contribution < -0.4 is 10.2 Å². The Balaban J connectivity index is 1.92. The van der Waals surface area contributed by atoms with Crippen molar-refractivity contribution in [3.05, 3.63) is 58.6 Å². The molecule has 1 N–H and O–H groups in total. The third-order valence-electron chi connectivity index (χ3n) is 4.27. The molecule has 0 saturated carbocycles. The highest BCUT2D eigenvalue weighted by Gasteiger charge is 2.33. The van der Waals surface area contributed by atoms with Crippen molar-refractivity contribution in [2.75, 3.05) is 17.3 Å². The Morgan fingerprint density at radius 1 is 1.22 bits per heavy atom. The molecule has 1 aliphatic heterocycles. The molecule has 4 nitrogen and oxygen atoms in total. The van der Waals surface area contributed by atoms with Gasteiger partial charge < -0.3 is 10.2 Å². The number of nitrogens with one attached hydrogen (secondary N) is 1. The molecule has 23 heavy (non-hydrogen) atoms. The molecule has 0 aromatic heterocycles. The number of hydrogen-bond acceptors (Lipinski definition) is 2. The van der Waals surface area contributed by atoms with Crippen LogP contribution >= 0.6 is 11.6 Å². The van der Waals surface area contributed by atoms with E-state index in [0.29, 0.717) is 10.7 Å². The van der Waals surface area contributed by atoms with Gasteiger partial charge >= 0.3 is 0 Å². The van der Waals surface area contributed by atoms with Gasteiger partial charge in [-0.2, -0.15) is 0 Å². The maximum absolute atomic E-state index is 12.7. The lowest BCUT2D eigenvalue weighted by atomic mass is 9.89. The highest BCUT2D eigenvalue weighted by molar-refractivity contribution is 6.31.